The summed E-state index contributed by atoms with van der Waals surface area (Å²) in [4.78, 5) is 19.0. The summed E-state index contributed by atoms with van der Waals surface area (Å²) in [7, 11) is 0. The van der Waals surface area contributed by atoms with Gasteiger partial charge in [-0.3, -0.25) is 4.79 Å². The quantitative estimate of drug-likeness (QED) is 0.724. The molecule has 0 radical (unpaired) electrons. The third-order valence-corrected chi connectivity index (χ3v) is 4.50. The van der Waals surface area contributed by atoms with Gasteiger partial charge in [0, 0.05) is 12.1 Å². The third kappa shape index (κ3) is 3.68. The molecule has 1 aliphatic rings. The SMILES string of the molecule is O=C(Cc1coc(-c2ccccc2)n1)N1CCOC(c2ccccc2)C1. The highest BCUT2D eigenvalue weighted by Gasteiger charge is 2.26. The number of benzene rings is 2. The van der Waals surface area contributed by atoms with Crippen molar-refractivity contribution in [2.75, 3.05) is 19.7 Å². The van der Waals surface area contributed by atoms with Crippen LogP contribution in [0, 0.1) is 0 Å². The van der Waals surface area contributed by atoms with Gasteiger partial charge in [-0.25, -0.2) is 4.98 Å². The van der Waals surface area contributed by atoms with Crippen LogP contribution in [0.5, 0.6) is 0 Å². The molecule has 5 nitrogen and oxygen atoms in total. The van der Waals surface area contributed by atoms with Gasteiger partial charge in [-0.05, 0) is 17.7 Å². The van der Waals surface area contributed by atoms with Crippen LogP contribution in [0.25, 0.3) is 11.5 Å². The summed E-state index contributed by atoms with van der Waals surface area (Å²) >= 11 is 0. The summed E-state index contributed by atoms with van der Waals surface area (Å²) in [5.74, 6) is 0.583. The highest BCUT2D eigenvalue weighted by Crippen LogP contribution is 2.23. The predicted octanol–water partition coefficient (Wildman–Crippen LogP) is 3.48. The normalized spacial score (nSPS) is 17.2. The summed E-state index contributed by atoms with van der Waals surface area (Å²) in [5.41, 5.74) is 2.65. The minimum Gasteiger partial charge on any atom is -0.444 e. The highest BCUT2D eigenvalue weighted by atomic mass is 16.5. The molecule has 0 bridgehead atoms. The maximum Gasteiger partial charge on any atom is 0.228 e. The van der Waals surface area contributed by atoms with E-state index in [2.05, 4.69) is 4.98 Å². The van der Waals surface area contributed by atoms with Gasteiger partial charge in [0.25, 0.3) is 0 Å². The molecule has 1 aliphatic heterocycles. The molecule has 2 aromatic carbocycles. The summed E-state index contributed by atoms with van der Waals surface area (Å²) in [5, 5.41) is 0. The second-order valence-corrected chi connectivity index (χ2v) is 6.30. The number of amides is 1. The van der Waals surface area contributed by atoms with Crippen LogP contribution in [0.15, 0.2) is 71.3 Å². The van der Waals surface area contributed by atoms with Gasteiger partial charge in [0.2, 0.25) is 11.8 Å². The second kappa shape index (κ2) is 7.54. The fourth-order valence-electron chi connectivity index (χ4n) is 3.11. The Morgan fingerprint density at radius 3 is 2.58 bits per heavy atom. The Balaban J connectivity index is 1.41. The van der Waals surface area contributed by atoms with Crippen molar-refractivity contribution in [1.29, 1.82) is 0 Å². The zero-order chi connectivity index (χ0) is 17.8. The van der Waals surface area contributed by atoms with Crippen molar-refractivity contribution in [3.05, 3.63) is 78.2 Å². The molecule has 1 atom stereocenters. The summed E-state index contributed by atoms with van der Waals surface area (Å²) in [6.07, 6.45) is 1.72. The molecule has 5 heteroatoms. The van der Waals surface area contributed by atoms with Gasteiger partial charge in [-0.15, -0.1) is 0 Å². The van der Waals surface area contributed by atoms with Crippen molar-refractivity contribution < 1.29 is 13.9 Å². The first-order valence-corrected chi connectivity index (χ1v) is 8.74. The number of morpholine rings is 1. The van der Waals surface area contributed by atoms with E-state index >= 15 is 0 Å². The van der Waals surface area contributed by atoms with Gasteiger partial charge in [0.1, 0.15) is 12.4 Å². The molecule has 1 unspecified atom stereocenters. The van der Waals surface area contributed by atoms with Gasteiger partial charge >= 0.3 is 0 Å². The maximum atomic E-state index is 12.7. The number of rotatable bonds is 4. The van der Waals surface area contributed by atoms with Crippen LogP contribution in [0.4, 0.5) is 0 Å². The number of nitrogens with zero attached hydrogens (tertiary/aromatic N) is 2. The molecular weight excluding hydrogens is 328 g/mol. The fourth-order valence-corrected chi connectivity index (χ4v) is 3.11. The van der Waals surface area contributed by atoms with E-state index in [1.807, 2.05) is 65.6 Å². The van der Waals surface area contributed by atoms with Crippen molar-refractivity contribution >= 4 is 5.91 Å². The monoisotopic (exact) mass is 348 g/mol. The number of ether oxygens (including phenoxy) is 1. The van der Waals surface area contributed by atoms with E-state index in [1.54, 1.807) is 6.26 Å². The van der Waals surface area contributed by atoms with E-state index in [-0.39, 0.29) is 18.4 Å². The molecule has 2 heterocycles. The molecule has 1 saturated heterocycles. The number of carbonyl (C=O) groups excluding carboxylic acids is 1. The lowest BCUT2D eigenvalue weighted by atomic mass is 10.1. The summed E-state index contributed by atoms with van der Waals surface area (Å²) in [6, 6.07) is 19.7. The van der Waals surface area contributed by atoms with E-state index in [0.29, 0.717) is 31.3 Å². The molecule has 1 amide bonds. The van der Waals surface area contributed by atoms with Gasteiger partial charge in [0.05, 0.1) is 25.3 Å². The summed E-state index contributed by atoms with van der Waals surface area (Å²) in [6.45, 7) is 1.71. The lowest BCUT2D eigenvalue weighted by molar-refractivity contribution is -0.138. The van der Waals surface area contributed by atoms with E-state index in [0.717, 1.165) is 11.1 Å². The second-order valence-electron chi connectivity index (χ2n) is 6.30. The number of aromatic nitrogens is 1. The predicted molar refractivity (Wildman–Crippen MR) is 97.4 cm³/mol. The molecule has 132 valence electrons. The van der Waals surface area contributed by atoms with Crippen LogP contribution in [0.3, 0.4) is 0 Å². The highest BCUT2D eigenvalue weighted by molar-refractivity contribution is 5.78. The molecule has 1 aromatic heterocycles. The van der Waals surface area contributed by atoms with Crippen LogP contribution in [0.2, 0.25) is 0 Å². The van der Waals surface area contributed by atoms with Crippen LogP contribution >= 0.6 is 0 Å². The number of oxazole rings is 1. The molecule has 26 heavy (non-hydrogen) atoms. The molecular formula is C21H20N2O3. The Morgan fingerprint density at radius 2 is 1.81 bits per heavy atom. The number of carbonyl (C=O) groups is 1. The Hall–Kier alpha value is -2.92. The van der Waals surface area contributed by atoms with Crippen LogP contribution < -0.4 is 0 Å². The first-order chi connectivity index (χ1) is 12.8. The standard InChI is InChI=1S/C21H20N2O3/c24-20(13-18-15-26-21(22-18)17-9-5-2-6-10-17)23-11-12-25-19(14-23)16-7-3-1-4-8-16/h1-10,15,19H,11-14H2. The van der Waals surface area contributed by atoms with Gasteiger partial charge in [0.15, 0.2) is 0 Å². The topological polar surface area (TPSA) is 55.6 Å². The maximum absolute atomic E-state index is 12.7. The number of hydrogen-bond donors (Lipinski definition) is 0. The fraction of sp³-hybridized carbons (Fsp3) is 0.238. The Labute approximate surface area is 152 Å². The summed E-state index contributed by atoms with van der Waals surface area (Å²) < 4.78 is 11.4. The van der Waals surface area contributed by atoms with Crippen LogP contribution in [-0.4, -0.2) is 35.5 Å². The van der Waals surface area contributed by atoms with E-state index in [4.69, 9.17) is 9.15 Å². The third-order valence-electron chi connectivity index (χ3n) is 4.50. The number of hydrogen-bond acceptors (Lipinski definition) is 4. The average molecular weight is 348 g/mol. The van der Waals surface area contributed by atoms with Crippen molar-refractivity contribution in [1.82, 2.24) is 9.88 Å². The Bertz CT molecular complexity index is 861. The van der Waals surface area contributed by atoms with Gasteiger partial charge < -0.3 is 14.1 Å². The lowest BCUT2D eigenvalue weighted by Crippen LogP contribution is -2.43. The molecule has 0 N–H and O–H groups in total. The first-order valence-electron chi connectivity index (χ1n) is 8.74. The van der Waals surface area contributed by atoms with Crippen LogP contribution in [0.1, 0.15) is 17.4 Å². The minimum absolute atomic E-state index is 0.0437. The molecule has 0 saturated carbocycles. The van der Waals surface area contributed by atoms with Gasteiger partial charge in [-0.2, -0.15) is 0 Å². The van der Waals surface area contributed by atoms with Crippen molar-refractivity contribution in [2.45, 2.75) is 12.5 Å². The molecule has 0 aliphatic carbocycles. The van der Waals surface area contributed by atoms with E-state index in [9.17, 15) is 4.79 Å². The zero-order valence-electron chi connectivity index (χ0n) is 14.4. The Kier molecular flexibility index (Phi) is 4.80. The minimum atomic E-state index is -0.0777. The smallest absolute Gasteiger partial charge is 0.228 e. The van der Waals surface area contributed by atoms with Crippen molar-refractivity contribution in [2.24, 2.45) is 0 Å². The zero-order valence-corrected chi connectivity index (χ0v) is 14.4. The first kappa shape index (κ1) is 16.5. The molecule has 3 aromatic rings. The molecule has 4 rings (SSSR count). The van der Waals surface area contributed by atoms with Gasteiger partial charge in [-0.1, -0.05) is 48.5 Å². The van der Waals surface area contributed by atoms with Crippen molar-refractivity contribution in [3.8, 4) is 11.5 Å². The largest absolute Gasteiger partial charge is 0.444 e. The lowest BCUT2D eigenvalue weighted by Gasteiger charge is -2.33. The Morgan fingerprint density at radius 1 is 1.08 bits per heavy atom. The van der Waals surface area contributed by atoms with Crippen molar-refractivity contribution in [3.63, 3.8) is 0 Å². The molecule has 0 spiro atoms. The molecule has 1 fully saturated rings. The van der Waals surface area contributed by atoms with Crippen LogP contribution in [-0.2, 0) is 16.0 Å². The van der Waals surface area contributed by atoms with E-state index in [1.165, 1.54) is 0 Å². The van der Waals surface area contributed by atoms with E-state index < -0.39 is 0 Å². The average Bonchev–Trinajstić information content (AvgIpc) is 3.18.